The third kappa shape index (κ3) is 8.90. The van der Waals surface area contributed by atoms with Crippen molar-refractivity contribution in [2.24, 2.45) is 0 Å². The van der Waals surface area contributed by atoms with E-state index in [2.05, 4.69) is 30.9 Å². The molecule has 0 unspecified atom stereocenters. The summed E-state index contributed by atoms with van der Waals surface area (Å²) in [6.07, 6.45) is -0.731. The maximum absolute atomic E-state index is 13.7. The lowest BCUT2D eigenvalue weighted by Crippen LogP contribution is -2.34. The van der Waals surface area contributed by atoms with E-state index in [1.165, 1.54) is 12.4 Å². The summed E-state index contributed by atoms with van der Waals surface area (Å²) < 4.78 is 51.5. The number of anilines is 3. The van der Waals surface area contributed by atoms with Gasteiger partial charge in [-0.2, -0.15) is 13.2 Å². The minimum atomic E-state index is -4.70. The number of aryl methyl sites for hydroxylation is 1. The SMILES string of the molecule is Cc1ccc(C(=O)Nc2cc(OCCNC(=O)OC(C)(C)C)cc(C(F)(F)F)c2)cc1Nc1ncccc1-c1ccncn1. The van der Waals surface area contributed by atoms with E-state index in [1.54, 1.807) is 63.5 Å². The van der Waals surface area contributed by atoms with Gasteiger partial charge in [0.1, 0.15) is 30.1 Å². The Morgan fingerprint density at radius 2 is 1.75 bits per heavy atom. The summed E-state index contributed by atoms with van der Waals surface area (Å²) in [7, 11) is 0. The standard InChI is InChI=1S/C31H31F3N6O4/c1-19-7-8-20(14-26(19)40-27-24(6-5-10-36-27)25-9-11-35-18-38-25)28(41)39-22-15-21(31(32,33)34)16-23(17-22)43-13-12-37-29(42)44-30(2,3)4/h5-11,14-18H,12-13H2,1-4H3,(H,36,40)(H,37,42)(H,39,41). The summed E-state index contributed by atoms with van der Waals surface area (Å²) in [5, 5.41) is 8.22. The predicted molar refractivity (Wildman–Crippen MR) is 159 cm³/mol. The van der Waals surface area contributed by atoms with Crippen LogP contribution in [-0.2, 0) is 10.9 Å². The third-order valence-electron chi connectivity index (χ3n) is 5.95. The molecule has 0 saturated carbocycles. The number of carbonyl (C=O) groups is 2. The van der Waals surface area contributed by atoms with Crippen LogP contribution >= 0.6 is 0 Å². The van der Waals surface area contributed by atoms with Gasteiger partial charge in [-0.15, -0.1) is 0 Å². The third-order valence-corrected chi connectivity index (χ3v) is 5.95. The number of alkyl carbamates (subject to hydrolysis) is 1. The van der Waals surface area contributed by atoms with Gasteiger partial charge in [0.2, 0.25) is 0 Å². The molecule has 0 aliphatic rings. The zero-order valence-corrected chi connectivity index (χ0v) is 24.5. The van der Waals surface area contributed by atoms with Crippen LogP contribution < -0.4 is 20.7 Å². The molecule has 44 heavy (non-hydrogen) atoms. The fourth-order valence-corrected chi connectivity index (χ4v) is 3.94. The van der Waals surface area contributed by atoms with Crippen LogP contribution in [0.2, 0.25) is 0 Å². The molecule has 2 heterocycles. The molecule has 0 spiro atoms. The fourth-order valence-electron chi connectivity index (χ4n) is 3.94. The number of carbonyl (C=O) groups excluding carboxylic acids is 2. The summed E-state index contributed by atoms with van der Waals surface area (Å²) >= 11 is 0. The summed E-state index contributed by atoms with van der Waals surface area (Å²) in [6, 6.07) is 13.1. The summed E-state index contributed by atoms with van der Waals surface area (Å²) in [6.45, 7) is 6.80. The van der Waals surface area contributed by atoms with Crippen molar-refractivity contribution in [3.05, 3.63) is 90.0 Å². The van der Waals surface area contributed by atoms with Gasteiger partial charge in [0.05, 0.1) is 17.8 Å². The van der Waals surface area contributed by atoms with Crippen LogP contribution in [0.4, 0.5) is 35.2 Å². The molecule has 0 aliphatic carbocycles. The topological polar surface area (TPSA) is 127 Å². The number of aromatic nitrogens is 3. The van der Waals surface area contributed by atoms with Gasteiger partial charge in [-0.3, -0.25) is 4.79 Å². The number of benzene rings is 2. The second-order valence-electron chi connectivity index (χ2n) is 10.6. The van der Waals surface area contributed by atoms with Gasteiger partial charge >= 0.3 is 12.3 Å². The van der Waals surface area contributed by atoms with Gasteiger partial charge in [0, 0.05) is 41.0 Å². The maximum atomic E-state index is 13.7. The average Bonchev–Trinajstić information content (AvgIpc) is 2.96. The molecule has 0 saturated heterocycles. The van der Waals surface area contributed by atoms with Gasteiger partial charge < -0.3 is 25.4 Å². The molecule has 0 aliphatic heterocycles. The van der Waals surface area contributed by atoms with E-state index in [9.17, 15) is 22.8 Å². The lowest BCUT2D eigenvalue weighted by Gasteiger charge is -2.19. The predicted octanol–water partition coefficient (Wildman–Crippen LogP) is 6.77. The van der Waals surface area contributed by atoms with E-state index in [1.807, 2.05) is 13.0 Å². The maximum Gasteiger partial charge on any atom is 0.416 e. The quantitative estimate of drug-likeness (QED) is 0.178. The molecule has 0 radical (unpaired) electrons. The summed E-state index contributed by atoms with van der Waals surface area (Å²) in [5.74, 6) is -0.283. The lowest BCUT2D eigenvalue weighted by molar-refractivity contribution is -0.137. The summed E-state index contributed by atoms with van der Waals surface area (Å²) in [5.41, 5.74) is 1.08. The Balaban J connectivity index is 1.50. The molecule has 10 nitrogen and oxygen atoms in total. The Hall–Kier alpha value is -5.20. The van der Waals surface area contributed by atoms with Crippen molar-refractivity contribution >= 4 is 29.2 Å². The highest BCUT2D eigenvalue weighted by Crippen LogP contribution is 2.35. The first-order valence-corrected chi connectivity index (χ1v) is 13.5. The van der Waals surface area contributed by atoms with Gasteiger partial charge in [0.25, 0.3) is 5.91 Å². The normalized spacial score (nSPS) is 11.4. The number of nitrogens with one attached hydrogen (secondary N) is 3. The second-order valence-corrected chi connectivity index (χ2v) is 10.6. The molecule has 3 N–H and O–H groups in total. The first kappa shape index (κ1) is 31.7. The van der Waals surface area contributed by atoms with Crippen LogP contribution in [-0.4, -0.2) is 45.7 Å². The molecule has 0 fully saturated rings. The molecule has 0 bridgehead atoms. The van der Waals surface area contributed by atoms with Crippen LogP contribution in [0.15, 0.2) is 73.3 Å². The largest absolute Gasteiger partial charge is 0.492 e. The van der Waals surface area contributed by atoms with Crippen LogP contribution in [0.3, 0.4) is 0 Å². The van der Waals surface area contributed by atoms with Gasteiger partial charge in [-0.05, 0) is 75.7 Å². The molecule has 13 heteroatoms. The highest BCUT2D eigenvalue weighted by atomic mass is 19.4. The van der Waals surface area contributed by atoms with Crippen molar-refractivity contribution in [2.45, 2.75) is 39.5 Å². The minimum Gasteiger partial charge on any atom is -0.492 e. The molecule has 4 rings (SSSR count). The van der Waals surface area contributed by atoms with Crippen LogP contribution in [0.5, 0.6) is 5.75 Å². The number of alkyl halides is 3. The second kappa shape index (κ2) is 13.4. The van der Waals surface area contributed by atoms with E-state index < -0.39 is 29.3 Å². The Morgan fingerprint density at radius 3 is 2.45 bits per heavy atom. The minimum absolute atomic E-state index is 0.0127. The number of hydrogen-bond donors (Lipinski definition) is 3. The molecule has 230 valence electrons. The molecular formula is C31H31F3N6O4. The molecule has 2 aromatic heterocycles. The van der Waals surface area contributed by atoms with Crippen molar-refractivity contribution in [3.63, 3.8) is 0 Å². The first-order valence-electron chi connectivity index (χ1n) is 13.5. The van der Waals surface area contributed by atoms with Crippen LogP contribution in [0.25, 0.3) is 11.3 Å². The van der Waals surface area contributed by atoms with Gasteiger partial charge in [0.15, 0.2) is 0 Å². The highest BCUT2D eigenvalue weighted by Gasteiger charge is 2.32. The van der Waals surface area contributed by atoms with Gasteiger partial charge in [-0.25, -0.2) is 19.7 Å². The number of rotatable bonds is 9. The Morgan fingerprint density at radius 1 is 0.955 bits per heavy atom. The van der Waals surface area contributed by atoms with Crippen LogP contribution in [0.1, 0.15) is 42.3 Å². The number of halogens is 3. The average molecular weight is 609 g/mol. The monoisotopic (exact) mass is 608 g/mol. The van der Waals surface area contributed by atoms with Crippen molar-refractivity contribution in [2.75, 3.05) is 23.8 Å². The number of pyridine rings is 1. The van der Waals surface area contributed by atoms with E-state index in [0.717, 1.165) is 17.7 Å². The number of hydrogen-bond acceptors (Lipinski definition) is 8. The first-order chi connectivity index (χ1) is 20.8. The molecule has 2 amide bonds. The van der Waals surface area contributed by atoms with Crippen molar-refractivity contribution in [3.8, 4) is 17.0 Å². The van der Waals surface area contributed by atoms with Gasteiger partial charge in [-0.1, -0.05) is 6.07 Å². The van der Waals surface area contributed by atoms with E-state index in [4.69, 9.17) is 9.47 Å². The van der Waals surface area contributed by atoms with Crippen LogP contribution in [0, 0.1) is 6.92 Å². The number of amides is 2. The zero-order chi connectivity index (χ0) is 31.9. The molecule has 4 aromatic rings. The molecular weight excluding hydrogens is 577 g/mol. The zero-order valence-electron chi connectivity index (χ0n) is 24.5. The summed E-state index contributed by atoms with van der Waals surface area (Å²) in [4.78, 5) is 37.6. The Bertz CT molecular complexity index is 1630. The molecule has 0 atom stereocenters. The number of nitrogens with zero attached hydrogens (tertiary/aromatic N) is 3. The van der Waals surface area contributed by atoms with Crippen molar-refractivity contribution in [1.29, 1.82) is 0 Å². The van der Waals surface area contributed by atoms with E-state index in [-0.39, 0.29) is 30.2 Å². The van der Waals surface area contributed by atoms with Crippen molar-refractivity contribution in [1.82, 2.24) is 20.3 Å². The van der Waals surface area contributed by atoms with E-state index in [0.29, 0.717) is 22.8 Å². The fraction of sp³-hybridized carbons (Fsp3) is 0.258. The highest BCUT2D eigenvalue weighted by molar-refractivity contribution is 6.05. The Kier molecular flexibility index (Phi) is 9.67. The lowest BCUT2D eigenvalue weighted by atomic mass is 10.1. The Labute approximate surface area is 252 Å². The van der Waals surface area contributed by atoms with E-state index >= 15 is 0 Å². The molecule has 2 aromatic carbocycles. The smallest absolute Gasteiger partial charge is 0.416 e. The van der Waals surface area contributed by atoms with Crippen molar-refractivity contribution < 1.29 is 32.2 Å². The number of ether oxygens (including phenoxy) is 2.